The predicted molar refractivity (Wildman–Crippen MR) is 103 cm³/mol. The van der Waals surface area contributed by atoms with Gasteiger partial charge in [-0.25, -0.2) is 0 Å². The van der Waals surface area contributed by atoms with Gasteiger partial charge in [0, 0.05) is 32.0 Å². The number of piperidine rings is 1. The zero-order valence-corrected chi connectivity index (χ0v) is 15.6. The van der Waals surface area contributed by atoms with E-state index in [9.17, 15) is 0 Å². The molecule has 4 rings (SSSR count). The summed E-state index contributed by atoms with van der Waals surface area (Å²) in [6.45, 7) is 5.31. The first-order valence-electron chi connectivity index (χ1n) is 10.2. The lowest BCUT2D eigenvalue weighted by Gasteiger charge is -2.32. The van der Waals surface area contributed by atoms with Crippen molar-refractivity contribution >= 4 is 0 Å². The van der Waals surface area contributed by atoms with Gasteiger partial charge in [0.2, 0.25) is 0 Å². The van der Waals surface area contributed by atoms with Gasteiger partial charge in [-0.3, -0.25) is 0 Å². The summed E-state index contributed by atoms with van der Waals surface area (Å²) >= 11 is 0. The van der Waals surface area contributed by atoms with Crippen LogP contribution in [-0.4, -0.2) is 45.9 Å². The molecule has 2 aromatic rings. The van der Waals surface area contributed by atoms with Crippen LogP contribution in [0.2, 0.25) is 0 Å². The first-order chi connectivity index (χ1) is 12.9. The Balaban J connectivity index is 1.28. The van der Waals surface area contributed by atoms with E-state index in [1.165, 1.54) is 50.3 Å². The Morgan fingerprint density at radius 2 is 1.92 bits per heavy atom. The minimum atomic E-state index is 0.540. The Morgan fingerprint density at radius 3 is 2.85 bits per heavy atom. The molecule has 2 aliphatic rings. The number of para-hydroxylation sites is 1. The van der Waals surface area contributed by atoms with Gasteiger partial charge in [-0.05, 0) is 50.8 Å². The van der Waals surface area contributed by atoms with Crippen LogP contribution in [0.1, 0.15) is 56.1 Å². The summed E-state index contributed by atoms with van der Waals surface area (Å²) in [5, 5.41) is 9.10. The van der Waals surface area contributed by atoms with E-state index in [0.29, 0.717) is 5.92 Å². The molecule has 26 heavy (non-hydrogen) atoms. The molecule has 0 aliphatic carbocycles. The molecule has 1 aromatic heterocycles. The summed E-state index contributed by atoms with van der Waals surface area (Å²) in [4.78, 5) is 2.58. The van der Waals surface area contributed by atoms with Crippen LogP contribution in [0.4, 0.5) is 0 Å². The van der Waals surface area contributed by atoms with Crippen LogP contribution >= 0.6 is 0 Å². The second-order valence-electron chi connectivity index (χ2n) is 7.59. The highest BCUT2D eigenvalue weighted by Gasteiger charge is 2.27. The molecule has 0 saturated carbocycles. The van der Waals surface area contributed by atoms with Crippen molar-refractivity contribution in [2.24, 2.45) is 0 Å². The molecule has 0 N–H and O–H groups in total. The summed E-state index contributed by atoms with van der Waals surface area (Å²) in [5.74, 6) is 3.96. The summed E-state index contributed by atoms with van der Waals surface area (Å²) in [6.07, 6.45) is 8.52. The maximum absolute atomic E-state index is 5.83. The highest BCUT2D eigenvalue weighted by atomic mass is 16.5. The Kier molecular flexibility index (Phi) is 5.85. The van der Waals surface area contributed by atoms with Crippen molar-refractivity contribution in [2.75, 3.05) is 26.2 Å². The van der Waals surface area contributed by atoms with Crippen molar-refractivity contribution in [1.29, 1.82) is 0 Å². The zero-order valence-electron chi connectivity index (χ0n) is 15.6. The Bertz CT molecular complexity index is 685. The van der Waals surface area contributed by atoms with Gasteiger partial charge in [-0.15, -0.1) is 10.2 Å². The van der Waals surface area contributed by atoms with Gasteiger partial charge < -0.3 is 14.2 Å². The van der Waals surface area contributed by atoms with E-state index in [1.807, 2.05) is 30.3 Å². The van der Waals surface area contributed by atoms with Crippen molar-refractivity contribution in [2.45, 2.75) is 57.4 Å². The topological polar surface area (TPSA) is 43.2 Å². The van der Waals surface area contributed by atoms with Crippen molar-refractivity contribution in [3.63, 3.8) is 0 Å². The van der Waals surface area contributed by atoms with Gasteiger partial charge in [-0.1, -0.05) is 24.6 Å². The highest BCUT2D eigenvalue weighted by molar-refractivity contribution is 5.20. The smallest absolute Gasteiger partial charge is 0.137 e. The van der Waals surface area contributed by atoms with Crippen LogP contribution in [0.3, 0.4) is 0 Å². The molecule has 0 radical (unpaired) electrons. The quantitative estimate of drug-likeness (QED) is 0.743. The third-order valence-electron chi connectivity index (χ3n) is 5.64. The van der Waals surface area contributed by atoms with Gasteiger partial charge in [0.25, 0.3) is 0 Å². The van der Waals surface area contributed by atoms with Crippen LogP contribution in [0, 0.1) is 0 Å². The summed E-state index contributed by atoms with van der Waals surface area (Å²) in [6, 6.07) is 10.1. The van der Waals surface area contributed by atoms with Gasteiger partial charge >= 0.3 is 0 Å². The van der Waals surface area contributed by atoms with Crippen molar-refractivity contribution in [3.05, 3.63) is 42.0 Å². The molecule has 1 aromatic carbocycles. The van der Waals surface area contributed by atoms with E-state index < -0.39 is 0 Å². The molecule has 0 amide bonds. The molecular formula is C21H30N4O. The van der Waals surface area contributed by atoms with Crippen LogP contribution in [-0.2, 0) is 13.0 Å². The maximum Gasteiger partial charge on any atom is 0.137 e. The predicted octanol–water partition coefficient (Wildman–Crippen LogP) is 3.65. The lowest BCUT2D eigenvalue weighted by Crippen LogP contribution is -2.36. The third-order valence-corrected chi connectivity index (χ3v) is 5.64. The fourth-order valence-electron chi connectivity index (χ4n) is 4.27. The normalized spacial score (nSPS) is 21.2. The van der Waals surface area contributed by atoms with Crippen LogP contribution in [0.25, 0.3) is 0 Å². The Labute approximate surface area is 156 Å². The summed E-state index contributed by atoms with van der Waals surface area (Å²) in [5.41, 5.74) is 0. The highest BCUT2D eigenvalue weighted by Crippen LogP contribution is 2.28. The molecule has 0 spiro atoms. The monoisotopic (exact) mass is 354 g/mol. The second kappa shape index (κ2) is 8.67. The van der Waals surface area contributed by atoms with Crippen molar-refractivity contribution in [1.82, 2.24) is 19.7 Å². The molecule has 5 heteroatoms. The van der Waals surface area contributed by atoms with Crippen LogP contribution in [0.15, 0.2) is 30.3 Å². The standard InChI is InChI=1S/C21H30N4O/c1-3-10-19(11-4-1)26-16-8-14-24-13-7-9-18(17-24)21-23-22-20-12-5-2-6-15-25(20)21/h1,3-4,10-11,18H,2,5-9,12-17H2. The Hall–Kier alpha value is -1.88. The van der Waals surface area contributed by atoms with Crippen LogP contribution in [0.5, 0.6) is 5.75 Å². The Morgan fingerprint density at radius 1 is 1.00 bits per heavy atom. The third kappa shape index (κ3) is 4.26. The fourth-order valence-corrected chi connectivity index (χ4v) is 4.27. The molecule has 0 bridgehead atoms. The number of likely N-dealkylation sites (tertiary alicyclic amines) is 1. The van der Waals surface area contributed by atoms with E-state index in [1.54, 1.807) is 0 Å². The molecule has 1 fully saturated rings. The number of aromatic nitrogens is 3. The van der Waals surface area contributed by atoms with E-state index >= 15 is 0 Å². The number of rotatable bonds is 6. The largest absolute Gasteiger partial charge is 0.494 e. The zero-order chi connectivity index (χ0) is 17.6. The first-order valence-corrected chi connectivity index (χ1v) is 10.2. The second-order valence-corrected chi connectivity index (χ2v) is 7.59. The van der Waals surface area contributed by atoms with E-state index in [-0.39, 0.29) is 0 Å². The molecule has 1 saturated heterocycles. The van der Waals surface area contributed by atoms with Crippen molar-refractivity contribution < 1.29 is 4.74 Å². The summed E-state index contributed by atoms with van der Waals surface area (Å²) < 4.78 is 8.26. The molecule has 140 valence electrons. The minimum Gasteiger partial charge on any atom is -0.494 e. The number of fused-ring (bicyclic) bond motifs is 1. The first kappa shape index (κ1) is 17.5. The molecule has 3 heterocycles. The van der Waals surface area contributed by atoms with E-state index in [0.717, 1.165) is 44.8 Å². The molecule has 1 atom stereocenters. The minimum absolute atomic E-state index is 0.540. The summed E-state index contributed by atoms with van der Waals surface area (Å²) in [7, 11) is 0. The maximum atomic E-state index is 5.83. The number of hydrogen-bond acceptors (Lipinski definition) is 4. The van der Waals surface area contributed by atoms with Gasteiger partial charge in [0.05, 0.1) is 6.61 Å². The van der Waals surface area contributed by atoms with Crippen LogP contribution < -0.4 is 4.74 Å². The molecule has 1 unspecified atom stereocenters. The lowest BCUT2D eigenvalue weighted by molar-refractivity contribution is 0.184. The average molecular weight is 354 g/mol. The van der Waals surface area contributed by atoms with E-state index in [2.05, 4.69) is 19.7 Å². The van der Waals surface area contributed by atoms with Crippen molar-refractivity contribution in [3.8, 4) is 5.75 Å². The van der Waals surface area contributed by atoms with Gasteiger partial charge in [0.1, 0.15) is 17.4 Å². The van der Waals surface area contributed by atoms with E-state index in [4.69, 9.17) is 4.74 Å². The molecule has 2 aliphatic heterocycles. The number of nitrogens with zero attached hydrogens (tertiary/aromatic N) is 4. The number of aryl methyl sites for hydroxylation is 1. The fraction of sp³-hybridized carbons (Fsp3) is 0.619. The lowest BCUT2D eigenvalue weighted by atomic mass is 9.97. The number of ether oxygens (including phenoxy) is 1. The SMILES string of the molecule is c1ccc(OCCCN2CCCC(c3nnc4n3CCCCC4)C2)cc1. The average Bonchev–Trinajstić information content (AvgIpc) is 2.95. The molecule has 5 nitrogen and oxygen atoms in total. The number of hydrogen-bond donors (Lipinski definition) is 0. The van der Waals surface area contributed by atoms with Gasteiger partial charge in [0.15, 0.2) is 0 Å². The number of benzene rings is 1. The van der Waals surface area contributed by atoms with Gasteiger partial charge in [-0.2, -0.15) is 0 Å². The molecular weight excluding hydrogens is 324 g/mol.